The lowest BCUT2D eigenvalue weighted by Gasteiger charge is -2.37. The molecule has 8 aromatic carbocycles. The number of nitrogens with zero attached hydrogens (tertiary/aromatic N) is 2. The fraction of sp³-hybridized carbons (Fsp3) is 0.0980. The van der Waals surface area contributed by atoms with E-state index in [0.29, 0.717) is 0 Å². The summed E-state index contributed by atoms with van der Waals surface area (Å²) in [6.45, 7) is 0. The Morgan fingerprint density at radius 2 is 0.792 bits per heavy atom. The summed E-state index contributed by atoms with van der Waals surface area (Å²) in [7, 11) is 0. The Kier molecular flexibility index (Phi) is 7.69. The first-order chi connectivity index (χ1) is 26.3. The molecule has 0 heterocycles. The Morgan fingerprint density at radius 3 is 1.42 bits per heavy atom. The normalized spacial score (nSPS) is 15.7. The zero-order chi connectivity index (χ0) is 35.2. The van der Waals surface area contributed by atoms with Gasteiger partial charge in [0, 0.05) is 27.9 Å². The van der Waals surface area contributed by atoms with Crippen molar-refractivity contribution < 1.29 is 0 Å². The Balaban J connectivity index is 1.20. The van der Waals surface area contributed by atoms with Crippen molar-refractivity contribution in [2.24, 2.45) is 0 Å². The summed E-state index contributed by atoms with van der Waals surface area (Å²) in [6, 6.07) is 71.3. The number of hydrogen-bond donors (Lipinski definition) is 0. The van der Waals surface area contributed by atoms with Crippen LogP contribution in [0.2, 0.25) is 0 Å². The molecule has 0 fully saturated rings. The van der Waals surface area contributed by atoms with Crippen LogP contribution < -0.4 is 9.80 Å². The second-order valence-electron chi connectivity index (χ2n) is 14.5. The van der Waals surface area contributed by atoms with E-state index in [-0.39, 0.29) is 5.41 Å². The zero-order valence-electron chi connectivity index (χ0n) is 29.7. The van der Waals surface area contributed by atoms with Gasteiger partial charge in [-0.25, -0.2) is 0 Å². The molecule has 2 aliphatic carbocycles. The SMILES string of the molecule is c1ccc(-c2ccc(N(c3cccc4c3[C@]3(CCc5cccc(N(c6ccccc6)c6ccccc6)c53)CC4)c3cccc4ccccc34)cc2)cc1. The van der Waals surface area contributed by atoms with Gasteiger partial charge in [0.2, 0.25) is 0 Å². The molecular formula is C51H40N2. The van der Waals surface area contributed by atoms with Gasteiger partial charge < -0.3 is 9.80 Å². The number of hydrogen-bond acceptors (Lipinski definition) is 2. The molecule has 0 amide bonds. The quantitative estimate of drug-likeness (QED) is 0.165. The number of para-hydroxylation sites is 2. The molecule has 0 N–H and O–H groups in total. The summed E-state index contributed by atoms with van der Waals surface area (Å²) < 4.78 is 0. The van der Waals surface area contributed by atoms with Crippen molar-refractivity contribution in [1.82, 2.24) is 0 Å². The lowest BCUT2D eigenvalue weighted by atomic mass is 9.74. The van der Waals surface area contributed by atoms with Gasteiger partial charge in [0.25, 0.3) is 0 Å². The van der Waals surface area contributed by atoms with Crippen LogP contribution >= 0.6 is 0 Å². The summed E-state index contributed by atoms with van der Waals surface area (Å²) in [5, 5.41) is 2.49. The van der Waals surface area contributed by atoms with E-state index in [1.165, 1.54) is 72.6 Å². The minimum Gasteiger partial charge on any atom is -0.310 e. The fourth-order valence-corrected chi connectivity index (χ4v) is 9.34. The lowest BCUT2D eigenvalue weighted by molar-refractivity contribution is 0.508. The smallest absolute Gasteiger partial charge is 0.0540 e. The molecule has 0 bridgehead atoms. The molecule has 0 saturated carbocycles. The Labute approximate surface area is 312 Å². The van der Waals surface area contributed by atoms with Crippen molar-refractivity contribution in [3.8, 4) is 11.1 Å². The molecule has 1 spiro atoms. The van der Waals surface area contributed by atoms with Crippen molar-refractivity contribution in [1.29, 1.82) is 0 Å². The third kappa shape index (κ3) is 5.25. The van der Waals surface area contributed by atoms with E-state index in [4.69, 9.17) is 0 Å². The van der Waals surface area contributed by atoms with Crippen LogP contribution in [0.5, 0.6) is 0 Å². The molecule has 0 aliphatic heterocycles. The number of benzene rings is 8. The number of anilines is 6. The first-order valence-corrected chi connectivity index (χ1v) is 18.9. The van der Waals surface area contributed by atoms with Crippen LogP contribution in [-0.2, 0) is 18.3 Å². The van der Waals surface area contributed by atoms with Crippen molar-refractivity contribution in [3.05, 3.63) is 216 Å². The van der Waals surface area contributed by atoms with Gasteiger partial charge in [-0.1, -0.05) is 140 Å². The van der Waals surface area contributed by atoms with E-state index in [9.17, 15) is 0 Å². The molecule has 53 heavy (non-hydrogen) atoms. The molecule has 10 rings (SSSR count). The van der Waals surface area contributed by atoms with E-state index >= 15 is 0 Å². The first-order valence-electron chi connectivity index (χ1n) is 18.9. The van der Waals surface area contributed by atoms with Crippen molar-refractivity contribution in [2.75, 3.05) is 9.80 Å². The average Bonchev–Trinajstić information content (AvgIpc) is 3.81. The highest BCUT2D eigenvalue weighted by Gasteiger charge is 2.49. The second-order valence-corrected chi connectivity index (χ2v) is 14.5. The van der Waals surface area contributed by atoms with Gasteiger partial charge in [-0.15, -0.1) is 0 Å². The molecule has 2 heteroatoms. The van der Waals surface area contributed by atoms with Crippen molar-refractivity contribution in [3.63, 3.8) is 0 Å². The molecule has 0 saturated heterocycles. The maximum absolute atomic E-state index is 2.55. The predicted octanol–water partition coefficient (Wildman–Crippen LogP) is 13.6. The lowest BCUT2D eigenvalue weighted by Crippen LogP contribution is -2.27. The van der Waals surface area contributed by atoms with Gasteiger partial charge in [-0.3, -0.25) is 0 Å². The Morgan fingerprint density at radius 1 is 0.340 bits per heavy atom. The average molecular weight is 681 g/mol. The number of fused-ring (bicyclic) bond motifs is 5. The third-order valence-electron chi connectivity index (χ3n) is 11.6. The molecule has 8 aromatic rings. The van der Waals surface area contributed by atoms with Crippen LogP contribution in [0.4, 0.5) is 34.1 Å². The fourth-order valence-electron chi connectivity index (χ4n) is 9.34. The largest absolute Gasteiger partial charge is 0.310 e. The van der Waals surface area contributed by atoms with Crippen LogP contribution in [0.1, 0.15) is 35.1 Å². The van der Waals surface area contributed by atoms with E-state index < -0.39 is 0 Å². The highest BCUT2D eigenvalue weighted by atomic mass is 15.2. The predicted molar refractivity (Wildman–Crippen MR) is 223 cm³/mol. The maximum atomic E-state index is 2.55. The highest BCUT2D eigenvalue weighted by molar-refractivity contribution is 6.00. The van der Waals surface area contributed by atoms with Crippen LogP contribution in [-0.4, -0.2) is 0 Å². The Bertz CT molecular complexity index is 2510. The van der Waals surface area contributed by atoms with Crippen molar-refractivity contribution >= 4 is 44.9 Å². The molecule has 0 aromatic heterocycles. The summed E-state index contributed by atoms with van der Waals surface area (Å²) in [5.41, 5.74) is 15.5. The molecule has 2 nitrogen and oxygen atoms in total. The molecular weight excluding hydrogens is 641 g/mol. The van der Waals surface area contributed by atoms with Gasteiger partial charge in [0.1, 0.15) is 0 Å². The van der Waals surface area contributed by atoms with Gasteiger partial charge in [0.05, 0.1) is 17.1 Å². The number of aryl methyl sites for hydroxylation is 2. The Hall–Kier alpha value is -6.38. The van der Waals surface area contributed by atoms with Crippen LogP contribution in [0, 0.1) is 0 Å². The maximum Gasteiger partial charge on any atom is 0.0540 e. The summed E-state index contributed by atoms with van der Waals surface area (Å²) >= 11 is 0. The van der Waals surface area contributed by atoms with E-state index in [2.05, 4.69) is 204 Å². The topological polar surface area (TPSA) is 6.48 Å². The summed E-state index contributed by atoms with van der Waals surface area (Å²) in [6.07, 6.45) is 4.31. The molecule has 1 atom stereocenters. The van der Waals surface area contributed by atoms with Gasteiger partial charge >= 0.3 is 0 Å². The minimum absolute atomic E-state index is 0.132. The molecule has 2 aliphatic rings. The standard InChI is InChI=1S/C51H40N2/c1-4-15-37(16-5-1)38-29-31-44(32-30-38)53(46-26-12-18-39-17-10-11-25-45(39)46)48-28-14-20-41-34-36-51(50(41)48)35-33-40-19-13-27-47(49(40)51)52(42-21-6-2-7-22-42)43-23-8-3-9-24-43/h1-32H,33-36H2/t51-/m1/s1. The van der Waals surface area contributed by atoms with Crippen LogP contribution in [0.25, 0.3) is 21.9 Å². The highest BCUT2D eigenvalue weighted by Crippen LogP contribution is 2.60. The van der Waals surface area contributed by atoms with E-state index in [0.717, 1.165) is 31.4 Å². The number of rotatable bonds is 7. The molecule has 254 valence electrons. The third-order valence-corrected chi connectivity index (χ3v) is 11.6. The van der Waals surface area contributed by atoms with Crippen LogP contribution in [0.15, 0.2) is 194 Å². The zero-order valence-corrected chi connectivity index (χ0v) is 29.7. The molecule has 0 unspecified atom stereocenters. The first kappa shape index (κ1) is 31.4. The van der Waals surface area contributed by atoms with E-state index in [1.54, 1.807) is 0 Å². The van der Waals surface area contributed by atoms with Crippen molar-refractivity contribution in [2.45, 2.75) is 31.1 Å². The summed E-state index contributed by atoms with van der Waals surface area (Å²) in [4.78, 5) is 5.03. The van der Waals surface area contributed by atoms with Crippen LogP contribution in [0.3, 0.4) is 0 Å². The van der Waals surface area contributed by atoms with Gasteiger partial charge in [-0.05, 0) is 119 Å². The van der Waals surface area contributed by atoms with Gasteiger partial charge in [0.15, 0.2) is 0 Å². The monoisotopic (exact) mass is 680 g/mol. The molecule has 0 radical (unpaired) electrons. The van der Waals surface area contributed by atoms with E-state index in [1.807, 2.05) is 0 Å². The summed E-state index contributed by atoms with van der Waals surface area (Å²) in [5.74, 6) is 0. The minimum atomic E-state index is -0.132. The second kappa shape index (κ2) is 13.0. The van der Waals surface area contributed by atoms with Gasteiger partial charge in [-0.2, -0.15) is 0 Å².